The molecule has 0 bridgehead atoms. The maximum atomic E-state index is 11.4. The molecule has 4 heteroatoms. The predicted molar refractivity (Wildman–Crippen MR) is 70.3 cm³/mol. The molecule has 0 amide bonds. The zero-order chi connectivity index (χ0) is 14.1. The van der Waals surface area contributed by atoms with Gasteiger partial charge in [0.05, 0.1) is 6.10 Å². The van der Waals surface area contributed by atoms with Crippen LogP contribution in [0, 0.1) is 5.92 Å². The molecule has 0 fully saturated rings. The highest BCUT2D eigenvalue weighted by Gasteiger charge is 2.20. The molecule has 0 heterocycles. The molecule has 18 heavy (non-hydrogen) atoms. The Morgan fingerprint density at radius 3 is 2.39 bits per heavy atom. The average Bonchev–Trinajstić information content (AvgIpc) is 2.32. The lowest BCUT2D eigenvalue weighted by Crippen LogP contribution is -2.22. The van der Waals surface area contributed by atoms with Gasteiger partial charge in [-0.25, -0.2) is 9.59 Å². The van der Waals surface area contributed by atoms with Gasteiger partial charge < -0.3 is 9.84 Å². The van der Waals surface area contributed by atoms with Gasteiger partial charge in [0.2, 0.25) is 0 Å². The Labute approximate surface area is 109 Å². The van der Waals surface area contributed by atoms with Gasteiger partial charge in [0.15, 0.2) is 0 Å². The summed E-state index contributed by atoms with van der Waals surface area (Å²) in [7, 11) is 0. The maximum Gasteiger partial charge on any atom is 0.345 e. The fourth-order valence-corrected chi connectivity index (χ4v) is 1.84. The number of carbonyl (C=O) groups excluding carboxylic acids is 1. The van der Waals surface area contributed by atoms with Crippen LogP contribution in [-0.4, -0.2) is 23.1 Å². The van der Waals surface area contributed by atoms with Gasteiger partial charge in [-0.3, -0.25) is 0 Å². The second kappa shape index (κ2) is 8.72. The Hall–Kier alpha value is -1.32. The lowest BCUT2D eigenvalue weighted by atomic mass is 9.93. The van der Waals surface area contributed by atoms with Crippen molar-refractivity contribution in [1.82, 2.24) is 0 Å². The molecule has 0 rings (SSSR count). The molecular weight excluding hydrogens is 232 g/mol. The van der Waals surface area contributed by atoms with Crippen molar-refractivity contribution < 1.29 is 19.4 Å². The van der Waals surface area contributed by atoms with Crippen molar-refractivity contribution in [3.05, 3.63) is 12.2 Å². The summed E-state index contributed by atoms with van der Waals surface area (Å²) in [5.41, 5.74) is -0.511. The topological polar surface area (TPSA) is 63.6 Å². The molecule has 0 aliphatic carbocycles. The lowest BCUT2D eigenvalue weighted by Gasteiger charge is -2.19. The molecule has 0 aromatic heterocycles. The first-order valence-corrected chi connectivity index (χ1v) is 6.55. The Balaban J connectivity index is 4.15. The van der Waals surface area contributed by atoms with Gasteiger partial charge >= 0.3 is 11.9 Å². The van der Waals surface area contributed by atoms with E-state index in [2.05, 4.69) is 20.4 Å². The number of hydrogen-bond donors (Lipinski definition) is 1. The predicted octanol–water partition coefficient (Wildman–Crippen LogP) is 3.17. The Kier molecular flexibility index (Phi) is 8.08. The van der Waals surface area contributed by atoms with Crippen LogP contribution in [0.1, 0.15) is 52.9 Å². The summed E-state index contributed by atoms with van der Waals surface area (Å²) in [5, 5.41) is 8.61. The normalized spacial score (nSPS) is 13.7. The Bertz CT molecular complexity index is 296. The zero-order valence-corrected chi connectivity index (χ0v) is 11.6. The number of carboxylic acids is 1. The Morgan fingerprint density at radius 1 is 1.33 bits per heavy atom. The molecule has 0 aromatic rings. The molecule has 4 nitrogen and oxygen atoms in total. The third-order valence-corrected chi connectivity index (χ3v) is 3.02. The number of rotatable bonds is 9. The number of hydrogen-bond acceptors (Lipinski definition) is 3. The van der Waals surface area contributed by atoms with Gasteiger partial charge in [0.25, 0.3) is 0 Å². The smallest absolute Gasteiger partial charge is 0.345 e. The van der Waals surface area contributed by atoms with Gasteiger partial charge in [-0.15, -0.1) is 0 Å². The summed E-state index contributed by atoms with van der Waals surface area (Å²) in [5.74, 6) is -1.64. The lowest BCUT2D eigenvalue weighted by molar-refractivity contribution is -0.148. The number of ether oxygens (including phenoxy) is 1. The van der Waals surface area contributed by atoms with Crippen molar-refractivity contribution in [2.24, 2.45) is 5.92 Å². The Morgan fingerprint density at radius 2 is 1.94 bits per heavy atom. The monoisotopic (exact) mass is 256 g/mol. The number of carbonyl (C=O) groups is 2. The highest BCUT2D eigenvalue weighted by atomic mass is 16.5. The van der Waals surface area contributed by atoms with E-state index >= 15 is 0 Å². The van der Waals surface area contributed by atoms with Crippen molar-refractivity contribution in [2.45, 2.75) is 59.0 Å². The van der Waals surface area contributed by atoms with E-state index in [0.717, 1.165) is 25.7 Å². The molecule has 1 N–H and O–H groups in total. The van der Waals surface area contributed by atoms with Gasteiger partial charge in [-0.2, -0.15) is 0 Å². The number of carboxylic acid groups (broad SMARTS) is 1. The van der Waals surface area contributed by atoms with E-state index in [1.165, 1.54) is 6.42 Å². The standard InChI is InChI=1S/C14H24O4/c1-5-7-8-12(6-2)9-10(3)18-14(17)11(4)13(15)16/h10,12H,4-9H2,1-3H3,(H,15,16). The van der Waals surface area contributed by atoms with Crippen LogP contribution >= 0.6 is 0 Å². The third-order valence-electron chi connectivity index (χ3n) is 3.02. The van der Waals surface area contributed by atoms with E-state index in [0.29, 0.717) is 5.92 Å². The molecule has 2 atom stereocenters. The van der Waals surface area contributed by atoms with E-state index in [-0.39, 0.29) is 6.10 Å². The van der Waals surface area contributed by atoms with Crippen LogP contribution < -0.4 is 0 Å². The second-order valence-electron chi connectivity index (χ2n) is 4.65. The fraction of sp³-hybridized carbons (Fsp3) is 0.714. The molecular formula is C14H24O4. The largest absolute Gasteiger partial charge is 0.477 e. The van der Waals surface area contributed by atoms with Gasteiger partial charge in [-0.05, 0) is 19.3 Å². The van der Waals surface area contributed by atoms with Crippen LogP contribution in [0.25, 0.3) is 0 Å². The van der Waals surface area contributed by atoms with Crippen LogP contribution in [0.4, 0.5) is 0 Å². The quantitative estimate of drug-likeness (QED) is 0.298. The van der Waals surface area contributed by atoms with E-state index in [4.69, 9.17) is 9.84 Å². The fourth-order valence-electron chi connectivity index (χ4n) is 1.84. The molecule has 0 aromatic carbocycles. The van der Waals surface area contributed by atoms with Gasteiger partial charge in [0.1, 0.15) is 5.57 Å². The van der Waals surface area contributed by atoms with Crippen molar-refractivity contribution in [2.75, 3.05) is 0 Å². The summed E-state index contributed by atoms with van der Waals surface area (Å²) < 4.78 is 5.07. The first-order valence-electron chi connectivity index (χ1n) is 6.55. The summed E-state index contributed by atoms with van der Waals surface area (Å²) >= 11 is 0. The summed E-state index contributed by atoms with van der Waals surface area (Å²) in [6.07, 6.45) is 4.99. The molecule has 0 radical (unpaired) electrons. The molecule has 0 aliphatic heterocycles. The van der Waals surface area contributed by atoms with E-state index in [1.807, 2.05) is 0 Å². The van der Waals surface area contributed by atoms with Gasteiger partial charge in [-0.1, -0.05) is 46.1 Å². The van der Waals surface area contributed by atoms with Crippen LogP contribution in [0.5, 0.6) is 0 Å². The average molecular weight is 256 g/mol. The SMILES string of the molecule is C=C(C(=O)O)C(=O)OC(C)CC(CC)CCCC. The van der Waals surface area contributed by atoms with Crippen LogP contribution in [-0.2, 0) is 14.3 Å². The molecule has 0 aliphatic rings. The molecule has 0 spiro atoms. The zero-order valence-electron chi connectivity index (χ0n) is 11.6. The number of unbranched alkanes of at least 4 members (excludes halogenated alkanes) is 1. The molecule has 104 valence electrons. The maximum absolute atomic E-state index is 11.4. The number of aliphatic carboxylic acids is 1. The van der Waals surface area contributed by atoms with E-state index in [1.54, 1.807) is 6.92 Å². The first-order chi connectivity index (χ1) is 8.42. The summed E-state index contributed by atoms with van der Waals surface area (Å²) in [4.78, 5) is 21.9. The van der Waals surface area contributed by atoms with Crippen molar-refractivity contribution in [3.63, 3.8) is 0 Å². The number of esters is 1. The van der Waals surface area contributed by atoms with E-state index < -0.39 is 17.5 Å². The summed E-state index contributed by atoms with van der Waals surface area (Å²) in [6.45, 7) is 9.24. The van der Waals surface area contributed by atoms with E-state index in [9.17, 15) is 9.59 Å². The first kappa shape index (κ1) is 16.7. The van der Waals surface area contributed by atoms with Crippen LogP contribution in [0.3, 0.4) is 0 Å². The third kappa shape index (κ3) is 6.42. The molecule has 0 saturated carbocycles. The highest BCUT2D eigenvalue weighted by molar-refractivity contribution is 6.12. The minimum Gasteiger partial charge on any atom is -0.477 e. The molecule has 2 unspecified atom stereocenters. The summed E-state index contributed by atoms with van der Waals surface area (Å²) in [6, 6.07) is 0. The van der Waals surface area contributed by atoms with Crippen LogP contribution in [0.2, 0.25) is 0 Å². The van der Waals surface area contributed by atoms with Crippen molar-refractivity contribution >= 4 is 11.9 Å². The minimum atomic E-state index is -1.33. The van der Waals surface area contributed by atoms with Crippen LogP contribution in [0.15, 0.2) is 12.2 Å². The highest BCUT2D eigenvalue weighted by Crippen LogP contribution is 2.20. The van der Waals surface area contributed by atoms with Crippen molar-refractivity contribution in [3.8, 4) is 0 Å². The minimum absolute atomic E-state index is 0.268. The van der Waals surface area contributed by atoms with Gasteiger partial charge in [0, 0.05) is 0 Å². The van der Waals surface area contributed by atoms with Crippen molar-refractivity contribution in [1.29, 1.82) is 0 Å². The molecule has 0 saturated heterocycles. The second-order valence-corrected chi connectivity index (χ2v) is 4.65.